The zero-order valence-electron chi connectivity index (χ0n) is 11.6. The third-order valence-electron chi connectivity index (χ3n) is 2.47. The van der Waals surface area contributed by atoms with Crippen molar-refractivity contribution in [1.29, 1.82) is 0 Å². The molecule has 4 nitrogen and oxygen atoms in total. The highest BCUT2D eigenvalue weighted by Gasteiger charge is 2.05. The van der Waals surface area contributed by atoms with Crippen LogP contribution in [0.2, 0.25) is 0 Å². The first-order chi connectivity index (χ1) is 8.94. The Bertz CT molecular complexity index is 551. The van der Waals surface area contributed by atoms with Crippen LogP contribution in [0.4, 0.5) is 5.69 Å². The Morgan fingerprint density at radius 2 is 1.84 bits per heavy atom. The lowest BCUT2D eigenvalue weighted by atomic mass is 10.2. The second-order valence-corrected chi connectivity index (χ2v) is 6.31. The summed E-state index contributed by atoms with van der Waals surface area (Å²) >= 11 is 0. The quantitative estimate of drug-likeness (QED) is 0.830. The summed E-state index contributed by atoms with van der Waals surface area (Å²) in [6.45, 7) is 1.98. The maximum Gasteiger partial charge on any atom is 0.212 e. The van der Waals surface area contributed by atoms with Crippen molar-refractivity contribution in [1.82, 2.24) is 4.72 Å². The van der Waals surface area contributed by atoms with E-state index in [9.17, 15) is 8.42 Å². The van der Waals surface area contributed by atoms with Gasteiger partial charge in [0.25, 0.3) is 0 Å². The first-order valence-electron chi connectivity index (χ1n) is 6.18. The first kappa shape index (κ1) is 15.5. The molecular formula is C14H20N2O2S. The second kappa shape index (κ2) is 7.17. The molecule has 0 aromatic heterocycles. The number of nitrogens with one attached hydrogen (secondary N) is 1. The minimum absolute atomic E-state index is 0.145. The molecule has 0 heterocycles. The molecule has 0 aliphatic heterocycles. The van der Waals surface area contributed by atoms with Crippen LogP contribution in [0.1, 0.15) is 18.9 Å². The molecule has 1 aromatic rings. The third-order valence-corrected chi connectivity index (χ3v) is 4.00. The van der Waals surface area contributed by atoms with Gasteiger partial charge in [-0.2, -0.15) is 0 Å². The molecule has 0 amide bonds. The molecular weight excluding hydrogens is 260 g/mol. The monoisotopic (exact) mass is 280 g/mol. The van der Waals surface area contributed by atoms with Crippen molar-refractivity contribution in [2.75, 3.05) is 31.3 Å². The Morgan fingerprint density at radius 1 is 1.21 bits per heavy atom. The van der Waals surface area contributed by atoms with Crippen LogP contribution in [0.15, 0.2) is 24.3 Å². The number of anilines is 1. The van der Waals surface area contributed by atoms with Crippen LogP contribution in [0, 0.1) is 11.8 Å². The lowest BCUT2D eigenvalue weighted by molar-refractivity contribution is 0.584. The number of benzene rings is 1. The Morgan fingerprint density at radius 3 is 2.37 bits per heavy atom. The lowest BCUT2D eigenvalue weighted by Gasteiger charge is -2.11. The highest BCUT2D eigenvalue weighted by Crippen LogP contribution is 2.11. The molecule has 1 N–H and O–H groups in total. The van der Waals surface area contributed by atoms with Crippen LogP contribution in [-0.2, 0) is 10.0 Å². The van der Waals surface area contributed by atoms with Gasteiger partial charge in [0.2, 0.25) is 10.0 Å². The van der Waals surface area contributed by atoms with E-state index in [0.29, 0.717) is 6.42 Å². The Labute approximate surface area is 115 Å². The van der Waals surface area contributed by atoms with Gasteiger partial charge in [0.05, 0.1) is 12.3 Å². The minimum Gasteiger partial charge on any atom is -0.378 e. The predicted octanol–water partition coefficient (Wildman–Crippen LogP) is 1.43. The average Bonchev–Trinajstić information content (AvgIpc) is 2.35. The number of sulfonamides is 1. The van der Waals surface area contributed by atoms with Crippen LogP contribution in [-0.4, -0.2) is 34.8 Å². The minimum atomic E-state index is -3.16. The largest absolute Gasteiger partial charge is 0.378 e. The van der Waals surface area contributed by atoms with Gasteiger partial charge >= 0.3 is 0 Å². The highest BCUT2D eigenvalue weighted by molar-refractivity contribution is 7.89. The number of hydrogen-bond donors (Lipinski definition) is 1. The van der Waals surface area contributed by atoms with Crippen LogP contribution in [0.25, 0.3) is 0 Å². The van der Waals surface area contributed by atoms with Crippen molar-refractivity contribution in [2.45, 2.75) is 13.3 Å². The van der Waals surface area contributed by atoms with Crippen molar-refractivity contribution in [2.24, 2.45) is 0 Å². The summed E-state index contributed by atoms with van der Waals surface area (Å²) in [6.07, 6.45) is 0.606. The molecule has 0 saturated carbocycles. The van der Waals surface area contributed by atoms with Gasteiger partial charge in [0.1, 0.15) is 0 Å². The molecule has 5 heteroatoms. The standard InChI is InChI=1S/C14H20N2O2S/c1-4-12-19(17,18)15-11-5-6-13-7-9-14(10-8-13)16(2)3/h7-10,15H,4,11-12H2,1-3H3. The van der Waals surface area contributed by atoms with Crippen LogP contribution >= 0.6 is 0 Å². The molecule has 0 fully saturated rings. The van der Waals surface area contributed by atoms with Crippen LogP contribution < -0.4 is 9.62 Å². The van der Waals surface area contributed by atoms with E-state index >= 15 is 0 Å². The molecule has 0 unspecified atom stereocenters. The van der Waals surface area contributed by atoms with Gasteiger partial charge in [-0.25, -0.2) is 13.1 Å². The molecule has 0 aliphatic carbocycles. The van der Waals surface area contributed by atoms with E-state index in [1.54, 1.807) is 0 Å². The molecule has 0 spiro atoms. The molecule has 1 rings (SSSR count). The van der Waals surface area contributed by atoms with E-state index in [-0.39, 0.29) is 12.3 Å². The van der Waals surface area contributed by atoms with Crippen molar-refractivity contribution in [3.8, 4) is 11.8 Å². The fraction of sp³-hybridized carbons (Fsp3) is 0.429. The van der Waals surface area contributed by atoms with E-state index in [0.717, 1.165) is 11.3 Å². The van der Waals surface area contributed by atoms with E-state index in [1.807, 2.05) is 50.2 Å². The molecule has 104 valence electrons. The van der Waals surface area contributed by atoms with Gasteiger partial charge in [-0.1, -0.05) is 18.8 Å². The number of rotatable bonds is 5. The lowest BCUT2D eigenvalue weighted by Crippen LogP contribution is -2.26. The smallest absolute Gasteiger partial charge is 0.212 e. The van der Waals surface area contributed by atoms with Gasteiger partial charge in [-0.3, -0.25) is 0 Å². The average molecular weight is 280 g/mol. The van der Waals surface area contributed by atoms with Crippen molar-refractivity contribution >= 4 is 15.7 Å². The Kier molecular flexibility index (Phi) is 5.87. The molecule has 0 aliphatic rings. The fourth-order valence-corrected chi connectivity index (χ4v) is 2.45. The maximum atomic E-state index is 11.4. The number of hydrogen-bond acceptors (Lipinski definition) is 3. The van der Waals surface area contributed by atoms with Gasteiger partial charge in [-0.15, -0.1) is 0 Å². The summed E-state index contributed by atoms with van der Waals surface area (Å²) in [7, 11) is 0.788. The predicted molar refractivity (Wildman–Crippen MR) is 79.7 cm³/mol. The van der Waals surface area contributed by atoms with Gasteiger partial charge < -0.3 is 4.90 Å². The van der Waals surface area contributed by atoms with E-state index in [1.165, 1.54) is 0 Å². The topological polar surface area (TPSA) is 49.4 Å². The Balaban J connectivity index is 2.55. The van der Waals surface area contributed by atoms with E-state index in [2.05, 4.69) is 16.6 Å². The normalized spacial score (nSPS) is 10.7. The highest BCUT2D eigenvalue weighted by atomic mass is 32.2. The van der Waals surface area contributed by atoms with Crippen molar-refractivity contribution in [3.05, 3.63) is 29.8 Å². The van der Waals surface area contributed by atoms with Crippen molar-refractivity contribution < 1.29 is 8.42 Å². The zero-order chi connectivity index (χ0) is 14.3. The SMILES string of the molecule is CCCS(=O)(=O)NCC#Cc1ccc(N(C)C)cc1. The Hall–Kier alpha value is -1.51. The molecule has 1 aromatic carbocycles. The summed E-state index contributed by atoms with van der Waals surface area (Å²) in [4.78, 5) is 2.01. The summed E-state index contributed by atoms with van der Waals surface area (Å²) in [5.74, 6) is 5.89. The summed E-state index contributed by atoms with van der Waals surface area (Å²) < 4.78 is 25.2. The molecule has 0 atom stereocenters. The molecule has 0 saturated heterocycles. The third kappa shape index (κ3) is 5.77. The molecule has 0 radical (unpaired) electrons. The van der Waals surface area contributed by atoms with E-state index < -0.39 is 10.0 Å². The van der Waals surface area contributed by atoms with Crippen LogP contribution in [0.3, 0.4) is 0 Å². The summed E-state index contributed by atoms with van der Waals surface area (Å²) in [6, 6.07) is 7.79. The zero-order valence-corrected chi connectivity index (χ0v) is 12.4. The van der Waals surface area contributed by atoms with Gasteiger partial charge in [0.15, 0.2) is 0 Å². The van der Waals surface area contributed by atoms with E-state index in [4.69, 9.17) is 0 Å². The summed E-state index contributed by atoms with van der Waals surface area (Å²) in [5.41, 5.74) is 1.98. The fourth-order valence-electron chi connectivity index (χ4n) is 1.48. The van der Waals surface area contributed by atoms with Crippen molar-refractivity contribution in [3.63, 3.8) is 0 Å². The molecule has 0 bridgehead atoms. The van der Waals surface area contributed by atoms with Crippen LogP contribution in [0.5, 0.6) is 0 Å². The van der Waals surface area contributed by atoms with Gasteiger partial charge in [-0.05, 0) is 30.7 Å². The summed E-state index contributed by atoms with van der Waals surface area (Å²) in [5, 5.41) is 0. The van der Waals surface area contributed by atoms with Gasteiger partial charge in [0, 0.05) is 25.3 Å². The maximum absolute atomic E-state index is 11.4. The number of nitrogens with zero attached hydrogens (tertiary/aromatic N) is 1. The molecule has 19 heavy (non-hydrogen) atoms. The first-order valence-corrected chi connectivity index (χ1v) is 7.83. The second-order valence-electron chi connectivity index (χ2n) is 4.38.